The zero-order valence-corrected chi connectivity index (χ0v) is 21.4. The van der Waals surface area contributed by atoms with Crippen LogP contribution < -0.4 is 5.32 Å². The fourth-order valence-corrected chi connectivity index (χ4v) is 5.05. The van der Waals surface area contributed by atoms with Crippen LogP contribution in [-0.2, 0) is 13.1 Å². The molecule has 1 fully saturated rings. The molecule has 5 rings (SSSR count). The summed E-state index contributed by atoms with van der Waals surface area (Å²) in [6, 6.07) is 8.02. The third-order valence-corrected chi connectivity index (χ3v) is 7.06. The lowest BCUT2D eigenvalue weighted by molar-refractivity contribution is -0.139. The molecule has 0 bridgehead atoms. The lowest BCUT2D eigenvalue weighted by Gasteiger charge is -2.26. The van der Waals surface area contributed by atoms with E-state index in [-0.39, 0.29) is 41.9 Å². The highest BCUT2D eigenvalue weighted by atomic mass is 32.1. The van der Waals surface area contributed by atoms with Gasteiger partial charge in [0.1, 0.15) is 6.54 Å². The van der Waals surface area contributed by atoms with Crippen molar-refractivity contribution in [2.24, 2.45) is 4.99 Å². The maximum Gasteiger partial charge on any atom is 0.406 e. The van der Waals surface area contributed by atoms with Crippen molar-refractivity contribution in [2.45, 2.75) is 38.8 Å². The summed E-state index contributed by atoms with van der Waals surface area (Å²) < 4.78 is 61.6. The minimum Gasteiger partial charge on any atom is -0.343 e. The Hall–Kier alpha value is -3.58. The van der Waals surface area contributed by atoms with E-state index in [9.17, 15) is 22.4 Å². The third-order valence-electron chi connectivity index (χ3n) is 6.20. The van der Waals surface area contributed by atoms with Crippen molar-refractivity contribution < 1.29 is 26.9 Å². The summed E-state index contributed by atoms with van der Waals surface area (Å²) >= 11 is 1.44. The Labute approximate surface area is 219 Å². The van der Waals surface area contributed by atoms with Crippen LogP contribution in [0.4, 0.5) is 23.2 Å². The molecule has 3 aromatic heterocycles. The van der Waals surface area contributed by atoms with E-state index in [2.05, 4.69) is 20.4 Å². The average molecular weight is 549 g/mol. The van der Waals surface area contributed by atoms with Crippen LogP contribution in [-0.4, -0.2) is 63.7 Å². The van der Waals surface area contributed by atoms with Crippen molar-refractivity contribution in [3.8, 4) is 11.5 Å². The number of fused-ring (bicyclic) bond motifs is 1. The van der Waals surface area contributed by atoms with Crippen molar-refractivity contribution in [3.63, 3.8) is 0 Å². The molecule has 0 aliphatic carbocycles. The number of halogens is 4. The topological polar surface area (TPSA) is 88.5 Å². The Bertz CT molecular complexity index is 1510. The smallest absolute Gasteiger partial charge is 0.343 e. The molecule has 13 heteroatoms. The van der Waals surface area contributed by atoms with Gasteiger partial charge in [0.15, 0.2) is 6.17 Å². The number of amides is 1. The van der Waals surface area contributed by atoms with Gasteiger partial charge in [-0.25, -0.2) is 4.39 Å². The summed E-state index contributed by atoms with van der Waals surface area (Å²) in [7, 11) is 1.82. The summed E-state index contributed by atoms with van der Waals surface area (Å²) in [5.74, 6) is -0.359. The van der Waals surface area contributed by atoms with Crippen molar-refractivity contribution in [2.75, 3.05) is 20.1 Å². The molecule has 1 amide bonds. The molecule has 1 atom stereocenters. The molecule has 1 N–H and O–H groups in total. The van der Waals surface area contributed by atoms with E-state index in [0.717, 1.165) is 9.44 Å². The number of carbonyl (C=O) groups is 1. The van der Waals surface area contributed by atoms with Crippen LogP contribution in [0.15, 0.2) is 45.2 Å². The molecule has 1 saturated heterocycles. The van der Waals surface area contributed by atoms with E-state index in [0.29, 0.717) is 35.3 Å². The maximum absolute atomic E-state index is 14.6. The largest absolute Gasteiger partial charge is 0.406 e. The molecule has 0 spiro atoms. The number of alkyl halides is 4. The summed E-state index contributed by atoms with van der Waals surface area (Å²) in [4.78, 5) is 23.9. The average Bonchev–Trinajstić information content (AvgIpc) is 3.58. The van der Waals surface area contributed by atoms with Gasteiger partial charge in [-0.3, -0.25) is 9.79 Å². The van der Waals surface area contributed by atoms with E-state index < -0.39 is 18.9 Å². The molecular formula is C25H24F4N6O2S. The normalized spacial score (nSPS) is 17.9. The van der Waals surface area contributed by atoms with Gasteiger partial charge in [0, 0.05) is 35.2 Å². The molecule has 0 saturated carbocycles. The van der Waals surface area contributed by atoms with E-state index in [1.807, 2.05) is 18.9 Å². The van der Waals surface area contributed by atoms with Gasteiger partial charge >= 0.3 is 6.18 Å². The molecule has 38 heavy (non-hydrogen) atoms. The second-order valence-corrected chi connectivity index (χ2v) is 10.3. The fourth-order valence-electron chi connectivity index (χ4n) is 4.37. The predicted molar refractivity (Wildman–Crippen MR) is 136 cm³/mol. The van der Waals surface area contributed by atoms with Gasteiger partial charge < -0.3 is 19.3 Å². The van der Waals surface area contributed by atoms with Gasteiger partial charge in [-0.05, 0) is 38.2 Å². The third kappa shape index (κ3) is 5.63. The number of nitrogens with one attached hydrogen (secondary N) is 1. The minimum absolute atomic E-state index is 0.0381. The Balaban J connectivity index is 1.47. The maximum atomic E-state index is 14.6. The van der Waals surface area contributed by atoms with Gasteiger partial charge in [-0.2, -0.15) is 18.2 Å². The molecule has 200 valence electrons. The highest BCUT2D eigenvalue weighted by Gasteiger charge is 2.31. The van der Waals surface area contributed by atoms with Gasteiger partial charge in [-0.1, -0.05) is 11.2 Å². The number of likely N-dealkylation sites (tertiary alicyclic amines) is 1. The Morgan fingerprint density at radius 2 is 2.13 bits per heavy atom. The first kappa shape index (κ1) is 26.0. The Kier molecular flexibility index (Phi) is 7.05. The van der Waals surface area contributed by atoms with Gasteiger partial charge in [0.2, 0.25) is 11.7 Å². The molecular weight excluding hydrogens is 524 g/mol. The van der Waals surface area contributed by atoms with Gasteiger partial charge in [0.25, 0.3) is 5.91 Å². The van der Waals surface area contributed by atoms with Crippen LogP contribution in [0.2, 0.25) is 0 Å². The number of piperidine rings is 1. The zero-order valence-electron chi connectivity index (χ0n) is 20.5. The van der Waals surface area contributed by atoms with Crippen LogP contribution >= 0.6 is 11.3 Å². The van der Waals surface area contributed by atoms with Crippen molar-refractivity contribution in [3.05, 3.63) is 52.0 Å². The molecule has 0 unspecified atom stereocenters. The number of aryl methyl sites for hydroxylation is 1. The van der Waals surface area contributed by atoms with Crippen molar-refractivity contribution >= 4 is 39.5 Å². The summed E-state index contributed by atoms with van der Waals surface area (Å²) in [5.41, 5.74) is 1.55. The van der Waals surface area contributed by atoms with E-state index >= 15 is 0 Å². The molecule has 4 aromatic rings. The quantitative estimate of drug-likeness (QED) is 0.331. The standard InChI is InChI=1S/C25H24F4N6O2S/c1-14-8-15(12-38-14)24(36)30-10-22-32-23(33-37-22)21-9-16-18(31-19-6-7-34(2)11-17(19)26)4-3-5-20(16)35(21)13-25(27,28)29/h3-5,8-9,12,17H,6-7,10-11,13H2,1-2H3,(H,30,36)/b31-19+/t17-/m0/s1. The number of aromatic nitrogens is 3. The Morgan fingerprint density at radius 3 is 2.84 bits per heavy atom. The monoisotopic (exact) mass is 548 g/mol. The SMILES string of the molecule is Cc1cc(C(=O)NCc2nc(-c3cc4c(/N=C5\CCN(C)C[C@@H]5F)cccc4n3CC(F)(F)F)no2)cs1. The number of rotatable bonds is 6. The Morgan fingerprint density at radius 1 is 1.32 bits per heavy atom. The second-order valence-electron chi connectivity index (χ2n) is 9.16. The number of hydrogen-bond acceptors (Lipinski definition) is 7. The van der Waals surface area contributed by atoms with Crippen LogP contribution in [0.5, 0.6) is 0 Å². The van der Waals surface area contributed by atoms with Crippen LogP contribution in [0.25, 0.3) is 22.4 Å². The number of benzene rings is 1. The first-order chi connectivity index (χ1) is 18.1. The first-order valence-electron chi connectivity index (χ1n) is 11.8. The molecule has 1 aromatic carbocycles. The van der Waals surface area contributed by atoms with Gasteiger partial charge in [-0.15, -0.1) is 11.3 Å². The number of carbonyl (C=O) groups excluding carboxylic acids is 1. The first-order valence-corrected chi connectivity index (χ1v) is 12.7. The minimum atomic E-state index is -4.53. The van der Waals surface area contributed by atoms with Gasteiger partial charge in [0.05, 0.1) is 34.7 Å². The second kappa shape index (κ2) is 10.3. The highest BCUT2D eigenvalue weighted by molar-refractivity contribution is 7.10. The molecule has 1 aliphatic rings. The molecule has 1 aliphatic heterocycles. The van der Waals surface area contributed by atoms with Crippen LogP contribution in [0.3, 0.4) is 0 Å². The predicted octanol–water partition coefficient (Wildman–Crippen LogP) is 5.30. The van der Waals surface area contributed by atoms with E-state index in [4.69, 9.17) is 4.52 Å². The summed E-state index contributed by atoms with van der Waals surface area (Å²) in [6.45, 7) is 1.35. The number of aliphatic imine (C=N–C) groups is 1. The highest BCUT2D eigenvalue weighted by Crippen LogP contribution is 2.35. The molecule has 8 nitrogen and oxygen atoms in total. The zero-order chi connectivity index (χ0) is 27.0. The lowest BCUT2D eigenvalue weighted by atomic mass is 10.1. The van der Waals surface area contributed by atoms with Crippen LogP contribution in [0.1, 0.15) is 27.5 Å². The van der Waals surface area contributed by atoms with Crippen LogP contribution in [0, 0.1) is 6.92 Å². The lowest BCUT2D eigenvalue weighted by Crippen LogP contribution is -2.39. The van der Waals surface area contributed by atoms with E-state index in [1.165, 1.54) is 17.4 Å². The van der Waals surface area contributed by atoms with E-state index in [1.54, 1.807) is 29.6 Å². The molecule has 0 radical (unpaired) electrons. The van der Waals surface area contributed by atoms with Crippen molar-refractivity contribution in [1.29, 1.82) is 0 Å². The molecule has 4 heterocycles. The van der Waals surface area contributed by atoms with Crippen molar-refractivity contribution in [1.82, 2.24) is 24.9 Å². The summed E-state index contributed by atoms with van der Waals surface area (Å²) in [6.07, 6.45) is -5.36. The number of nitrogens with zero attached hydrogens (tertiary/aromatic N) is 5. The summed E-state index contributed by atoms with van der Waals surface area (Å²) in [5, 5.41) is 8.66. The number of hydrogen-bond donors (Lipinski definition) is 1. The number of thiophene rings is 1. The fraction of sp³-hybridized carbons (Fsp3) is 0.360.